The number of aryl methyl sites for hydroxylation is 1. The van der Waals surface area contributed by atoms with Crippen molar-refractivity contribution in [1.82, 2.24) is 0 Å². The van der Waals surface area contributed by atoms with Crippen molar-refractivity contribution in [2.75, 3.05) is 12.4 Å². The van der Waals surface area contributed by atoms with Gasteiger partial charge in [0.2, 0.25) is 15.9 Å². The summed E-state index contributed by atoms with van der Waals surface area (Å²) in [6.07, 6.45) is 3.72. The number of para-hydroxylation sites is 1. The Hall–Kier alpha value is -3.10. The number of rotatable bonds is 6. The third-order valence-electron chi connectivity index (χ3n) is 4.19. The molecule has 1 amide bonds. The Kier molecular flexibility index (Phi) is 5.53. The molecule has 7 nitrogen and oxygen atoms in total. The summed E-state index contributed by atoms with van der Waals surface area (Å²) < 4.78 is 34.1. The second-order valence-corrected chi connectivity index (χ2v) is 7.58. The van der Waals surface area contributed by atoms with Gasteiger partial charge in [-0.2, -0.15) is 0 Å². The third kappa shape index (κ3) is 4.08. The summed E-state index contributed by atoms with van der Waals surface area (Å²) >= 11 is 0. The van der Waals surface area contributed by atoms with Crippen molar-refractivity contribution in [3.8, 4) is 5.75 Å². The molecule has 0 aliphatic heterocycles. The van der Waals surface area contributed by atoms with Crippen LogP contribution in [0.1, 0.15) is 18.2 Å². The zero-order chi connectivity index (χ0) is 20.3. The van der Waals surface area contributed by atoms with Crippen molar-refractivity contribution < 1.29 is 22.4 Å². The van der Waals surface area contributed by atoms with Gasteiger partial charge in [0.05, 0.1) is 17.7 Å². The van der Waals surface area contributed by atoms with Crippen LogP contribution < -0.4 is 15.2 Å². The molecule has 0 radical (unpaired) electrons. The number of ether oxygens (including phenoxy) is 1. The zero-order valence-electron chi connectivity index (χ0n) is 15.4. The molecule has 0 atom stereocenters. The number of hydrogen-bond acceptors (Lipinski definition) is 5. The first-order valence-electron chi connectivity index (χ1n) is 8.53. The Labute approximate surface area is 162 Å². The maximum atomic E-state index is 12.4. The minimum absolute atomic E-state index is 0.123. The highest BCUT2D eigenvalue weighted by molar-refractivity contribution is 7.89. The average Bonchev–Trinajstić information content (AvgIpc) is 3.03. The molecule has 146 valence electrons. The lowest BCUT2D eigenvalue weighted by Crippen LogP contribution is -2.14. The topological polar surface area (TPSA) is 112 Å². The van der Waals surface area contributed by atoms with Gasteiger partial charge in [-0.3, -0.25) is 4.79 Å². The lowest BCUT2D eigenvalue weighted by atomic mass is 10.1. The molecule has 3 rings (SSSR count). The van der Waals surface area contributed by atoms with Gasteiger partial charge in [-0.05, 0) is 30.3 Å². The maximum Gasteiger partial charge on any atom is 0.248 e. The first-order chi connectivity index (χ1) is 13.3. The number of furan rings is 1. The molecule has 0 spiro atoms. The number of fused-ring (bicyclic) bond motifs is 1. The van der Waals surface area contributed by atoms with E-state index in [0.29, 0.717) is 12.2 Å². The van der Waals surface area contributed by atoms with Gasteiger partial charge in [0.15, 0.2) is 0 Å². The maximum absolute atomic E-state index is 12.4. The van der Waals surface area contributed by atoms with Crippen LogP contribution >= 0.6 is 0 Å². The van der Waals surface area contributed by atoms with E-state index in [9.17, 15) is 13.2 Å². The summed E-state index contributed by atoms with van der Waals surface area (Å²) in [5.41, 5.74) is 1.79. The van der Waals surface area contributed by atoms with Crippen LogP contribution in [-0.4, -0.2) is 21.4 Å². The number of methoxy groups -OCH3 is 1. The monoisotopic (exact) mass is 400 g/mol. The smallest absolute Gasteiger partial charge is 0.248 e. The summed E-state index contributed by atoms with van der Waals surface area (Å²) in [7, 11) is -2.49. The van der Waals surface area contributed by atoms with E-state index < -0.39 is 15.9 Å². The fraction of sp³-hybridized carbons (Fsp3) is 0.150. The number of benzene rings is 2. The number of carbonyl (C=O) groups excluding carboxylic acids is 1. The predicted octanol–water partition coefficient (Wildman–Crippen LogP) is 3.30. The molecule has 0 bridgehead atoms. The molecule has 0 aliphatic rings. The van der Waals surface area contributed by atoms with E-state index in [1.165, 1.54) is 31.4 Å². The normalized spacial score (nSPS) is 11.8. The van der Waals surface area contributed by atoms with Crippen LogP contribution in [0.25, 0.3) is 17.0 Å². The average molecular weight is 400 g/mol. The van der Waals surface area contributed by atoms with Crippen LogP contribution in [-0.2, 0) is 21.2 Å². The zero-order valence-corrected chi connectivity index (χ0v) is 16.2. The van der Waals surface area contributed by atoms with Gasteiger partial charge in [0.25, 0.3) is 0 Å². The minimum atomic E-state index is -3.90. The molecule has 28 heavy (non-hydrogen) atoms. The highest BCUT2D eigenvalue weighted by Gasteiger charge is 2.14. The van der Waals surface area contributed by atoms with E-state index >= 15 is 0 Å². The lowest BCUT2D eigenvalue weighted by molar-refractivity contribution is -0.111. The van der Waals surface area contributed by atoms with E-state index in [4.69, 9.17) is 14.3 Å². The standard InChI is InChI=1S/C20H20N2O5S/c1-3-17-15(14-6-4-5-7-18(14)27-17)9-11-20(23)22-16-12-13(28(21,24)25)8-10-19(16)26-2/h4-12H,3H2,1-2H3,(H,22,23)(H2,21,24,25)/b11-9+. The molecule has 0 saturated carbocycles. The molecule has 1 heterocycles. The summed E-state index contributed by atoms with van der Waals surface area (Å²) in [5.74, 6) is 0.647. The fourth-order valence-electron chi connectivity index (χ4n) is 2.86. The van der Waals surface area contributed by atoms with Crippen LogP contribution in [0, 0.1) is 0 Å². The SMILES string of the molecule is CCc1oc2ccccc2c1/C=C/C(=O)Nc1cc(S(N)(=O)=O)ccc1OC. The van der Waals surface area contributed by atoms with E-state index in [2.05, 4.69) is 5.32 Å². The van der Waals surface area contributed by atoms with E-state index in [-0.39, 0.29) is 10.6 Å². The Bertz CT molecular complexity index is 1160. The largest absolute Gasteiger partial charge is 0.495 e. The number of nitrogens with two attached hydrogens (primary N) is 1. The number of sulfonamides is 1. The summed E-state index contributed by atoms with van der Waals surface area (Å²) in [4.78, 5) is 12.3. The Morgan fingerprint density at radius 2 is 2.00 bits per heavy atom. The van der Waals surface area contributed by atoms with Gasteiger partial charge in [-0.15, -0.1) is 0 Å². The molecule has 0 saturated heterocycles. The van der Waals surface area contributed by atoms with Gasteiger partial charge in [-0.25, -0.2) is 13.6 Å². The number of hydrogen-bond donors (Lipinski definition) is 2. The number of carbonyl (C=O) groups is 1. The molecule has 8 heteroatoms. The first-order valence-corrected chi connectivity index (χ1v) is 10.1. The molecular formula is C20H20N2O5S. The minimum Gasteiger partial charge on any atom is -0.495 e. The fourth-order valence-corrected chi connectivity index (χ4v) is 3.40. The summed E-state index contributed by atoms with van der Waals surface area (Å²) in [5, 5.41) is 8.68. The molecule has 2 aromatic carbocycles. The van der Waals surface area contributed by atoms with Crippen LogP contribution in [0.4, 0.5) is 5.69 Å². The number of primary sulfonamides is 1. The third-order valence-corrected chi connectivity index (χ3v) is 5.10. The molecule has 0 unspecified atom stereocenters. The Morgan fingerprint density at radius 1 is 1.25 bits per heavy atom. The predicted molar refractivity (Wildman–Crippen MR) is 108 cm³/mol. The van der Waals surface area contributed by atoms with Gasteiger partial charge >= 0.3 is 0 Å². The summed E-state index contributed by atoms with van der Waals surface area (Å²) in [6.45, 7) is 1.97. The first kappa shape index (κ1) is 19.7. The molecule has 1 aromatic heterocycles. The lowest BCUT2D eigenvalue weighted by Gasteiger charge is -2.10. The molecule has 0 fully saturated rings. The van der Waals surface area contributed by atoms with Crippen LogP contribution in [0.2, 0.25) is 0 Å². The Balaban J connectivity index is 1.89. The molecular weight excluding hydrogens is 380 g/mol. The van der Waals surface area contributed by atoms with E-state index in [0.717, 1.165) is 22.3 Å². The van der Waals surface area contributed by atoms with Gasteiger partial charge in [0, 0.05) is 23.4 Å². The van der Waals surface area contributed by atoms with Gasteiger partial charge in [-0.1, -0.05) is 25.1 Å². The van der Waals surface area contributed by atoms with Crippen LogP contribution in [0.5, 0.6) is 5.75 Å². The molecule has 3 aromatic rings. The van der Waals surface area contributed by atoms with E-state index in [1.807, 2.05) is 31.2 Å². The van der Waals surface area contributed by atoms with Gasteiger partial charge < -0.3 is 14.5 Å². The van der Waals surface area contributed by atoms with Crippen molar-refractivity contribution in [1.29, 1.82) is 0 Å². The number of nitrogens with one attached hydrogen (secondary N) is 1. The quantitative estimate of drug-likeness (QED) is 0.617. The van der Waals surface area contributed by atoms with Crippen molar-refractivity contribution in [3.05, 3.63) is 59.9 Å². The highest BCUT2D eigenvalue weighted by Crippen LogP contribution is 2.29. The van der Waals surface area contributed by atoms with Crippen molar-refractivity contribution in [2.24, 2.45) is 5.14 Å². The number of amides is 1. The van der Waals surface area contributed by atoms with Gasteiger partial charge in [0.1, 0.15) is 17.1 Å². The molecule has 0 aliphatic carbocycles. The van der Waals surface area contributed by atoms with Crippen molar-refractivity contribution in [2.45, 2.75) is 18.2 Å². The van der Waals surface area contributed by atoms with Crippen molar-refractivity contribution in [3.63, 3.8) is 0 Å². The number of anilines is 1. The summed E-state index contributed by atoms with van der Waals surface area (Å²) in [6, 6.07) is 11.6. The molecule has 3 N–H and O–H groups in total. The van der Waals surface area contributed by atoms with Crippen LogP contribution in [0.15, 0.2) is 57.9 Å². The van der Waals surface area contributed by atoms with Crippen LogP contribution in [0.3, 0.4) is 0 Å². The second kappa shape index (κ2) is 7.87. The van der Waals surface area contributed by atoms with Crippen molar-refractivity contribution >= 4 is 38.7 Å². The highest BCUT2D eigenvalue weighted by atomic mass is 32.2. The van der Waals surface area contributed by atoms with E-state index in [1.54, 1.807) is 6.08 Å². The Morgan fingerprint density at radius 3 is 2.68 bits per heavy atom. The second-order valence-electron chi connectivity index (χ2n) is 6.02.